The second-order valence-electron chi connectivity index (χ2n) is 9.96. The molecule has 0 N–H and O–H groups in total. The maximum absolute atomic E-state index is 15.1. The summed E-state index contributed by atoms with van der Waals surface area (Å²) >= 11 is 5.61. The average Bonchev–Trinajstić information content (AvgIpc) is 3.55. The number of piperidine rings is 1. The molecule has 1 amide bonds. The Hall–Kier alpha value is -4.12. The third-order valence-corrected chi connectivity index (χ3v) is 7.80. The molecule has 0 radical (unpaired) electrons. The molecular weight excluding hydrogens is 542 g/mol. The summed E-state index contributed by atoms with van der Waals surface area (Å²) in [5.74, 6) is -4.96. The van der Waals surface area contributed by atoms with Crippen LogP contribution in [0.15, 0.2) is 54.9 Å². The van der Waals surface area contributed by atoms with E-state index in [2.05, 4.69) is 10.1 Å². The highest BCUT2D eigenvalue weighted by Gasteiger charge is 2.36. The molecule has 0 aliphatic carbocycles. The summed E-state index contributed by atoms with van der Waals surface area (Å²) in [4.78, 5) is 21.8. The highest BCUT2D eigenvalue weighted by molar-refractivity contribution is 7.80. The van der Waals surface area contributed by atoms with Crippen molar-refractivity contribution in [1.29, 1.82) is 0 Å². The molecule has 4 heterocycles. The lowest BCUT2D eigenvalue weighted by atomic mass is 10.0. The van der Waals surface area contributed by atoms with E-state index in [9.17, 15) is 18.0 Å². The molecule has 2 aromatic carbocycles. The number of likely N-dealkylation sites (tertiary alicyclic amines) is 1. The number of fused-ring (bicyclic) bond motifs is 1. The SMILES string of the molecule is Cc1ccc2c(c1F)N(C1CCN(C(=O)c3cc(-c4cccnc4)n(-c4cc(F)c(F)c(F)c4)n3)CC1)C(=S)C2. The first-order valence-electron chi connectivity index (χ1n) is 12.8. The van der Waals surface area contributed by atoms with Crippen molar-refractivity contribution < 1.29 is 22.4 Å². The van der Waals surface area contributed by atoms with Gasteiger partial charge >= 0.3 is 0 Å². The van der Waals surface area contributed by atoms with Gasteiger partial charge in [0.25, 0.3) is 5.91 Å². The second-order valence-corrected chi connectivity index (χ2v) is 10.4. The van der Waals surface area contributed by atoms with E-state index in [1.165, 1.54) is 16.9 Å². The van der Waals surface area contributed by atoms with Crippen LogP contribution in [0.4, 0.5) is 23.2 Å². The molecule has 4 aromatic rings. The number of benzene rings is 2. The molecule has 2 aliphatic rings. The third-order valence-electron chi connectivity index (χ3n) is 7.46. The van der Waals surface area contributed by atoms with Crippen LogP contribution in [-0.2, 0) is 6.42 Å². The summed E-state index contributed by atoms with van der Waals surface area (Å²) in [6.45, 7) is 2.50. The Labute approximate surface area is 232 Å². The number of amides is 1. The number of nitrogens with zero attached hydrogens (tertiary/aromatic N) is 5. The van der Waals surface area contributed by atoms with Gasteiger partial charge in [-0.3, -0.25) is 9.78 Å². The van der Waals surface area contributed by atoms with Crippen LogP contribution < -0.4 is 4.90 Å². The monoisotopic (exact) mass is 565 g/mol. The average molecular weight is 566 g/mol. The van der Waals surface area contributed by atoms with Crippen molar-refractivity contribution in [3.05, 3.63) is 94.9 Å². The lowest BCUT2D eigenvalue weighted by molar-refractivity contribution is 0.0708. The van der Waals surface area contributed by atoms with Crippen molar-refractivity contribution in [2.45, 2.75) is 32.2 Å². The van der Waals surface area contributed by atoms with Gasteiger partial charge in [0.15, 0.2) is 23.1 Å². The van der Waals surface area contributed by atoms with Gasteiger partial charge in [-0.2, -0.15) is 5.10 Å². The zero-order valence-electron chi connectivity index (χ0n) is 21.4. The van der Waals surface area contributed by atoms with E-state index >= 15 is 4.39 Å². The summed E-state index contributed by atoms with van der Waals surface area (Å²) in [5.41, 5.74) is 2.86. The fourth-order valence-corrected chi connectivity index (χ4v) is 5.82. The molecule has 0 spiro atoms. The van der Waals surface area contributed by atoms with Crippen molar-refractivity contribution in [3.63, 3.8) is 0 Å². The highest BCUT2D eigenvalue weighted by atomic mass is 32.1. The predicted octanol–water partition coefficient (Wildman–Crippen LogP) is 5.79. The number of thiocarbonyl (C=S) groups is 1. The minimum absolute atomic E-state index is 0.0530. The summed E-state index contributed by atoms with van der Waals surface area (Å²) in [6.07, 6.45) is 4.75. The molecule has 0 unspecified atom stereocenters. The first-order chi connectivity index (χ1) is 19.2. The maximum atomic E-state index is 15.1. The van der Waals surface area contributed by atoms with Crippen LogP contribution in [0.25, 0.3) is 16.9 Å². The Morgan fingerprint density at radius 2 is 1.73 bits per heavy atom. The van der Waals surface area contributed by atoms with Gasteiger partial charge in [-0.05, 0) is 49.1 Å². The van der Waals surface area contributed by atoms with Gasteiger partial charge in [-0.25, -0.2) is 22.2 Å². The number of aromatic nitrogens is 3. The number of carbonyl (C=O) groups excluding carboxylic acids is 1. The molecule has 0 bridgehead atoms. The number of pyridine rings is 1. The van der Waals surface area contributed by atoms with E-state index in [-0.39, 0.29) is 29.1 Å². The van der Waals surface area contributed by atoms with E-state index < -0.39 is 17.5 Å². The zero-order chi connectivity index (χ0) is 28.1. The minimum Gasteiger partial charge on any atom is -0.337 e. The summed E-state index contributed by atoms with van der Waals surface area (Å²) in [7, 11) is 0. The zero-order valence-corrected chi connectivity index (χ0v) is 22.2. The van der Waals surface area contributed by atoms with Gasteiger partial charge in [0.2, 0.25) is 0 Å². The van der Waals surface area contributed by atoms with Crippen molar-refractivity contribution in [2.24, 2.45) is 0 Å². The van der Waals surface area contributed by atoms with Crippen LogP contribution in [0.1, 0.15) is 34.5 Å². The molecule has 0 saturated carbocycles. The number of halogens is 4. The molecule has 1 saturated heterocycles. The summed E-state index contributed by atoms with van der Waals surface area (Å²) < 4.78 is 58.0. The molecule has 2 aliphatic heterocycles. The van der Waals surface area contributed by atoms with E-state index in [1.54, 1.807) is 36.2 Å². The molecule has 0 atom stereocenters. The topological polar surface area (TPSA) is 54.3 Å². The molecular formula is C29H23F4N5OS. The molecule has 2 aromatic heterocycles. The van der Waals surface area contributed by atoms with Crippen molar-refractivity contribution >= 4 is 28.8 Å². The standard InChI is InChI=1S/C29H23F4N5OS/c1-16-4-5-17-11-25(40)37(28(17)26(16)32)19-6-9-36(10-7-19)29(39)23-14-24(18-3-2-8-34-15-18)38(35-23)20-12-21(30)27(33)22(31)13-20/h2-5,8,12-15,19H,6-7,9-11H2,1H3. The summed E-state index contributed by atoms with van der Waals surface area (Å²) in [5, 5.41) is 4.36. The van der Waals surface area contributed by atoms with Crippen molar-refractivity contribution in [2.75, 3.05) is 18.0 Å². The number of carbonyl (C=O) groups is 1. The molecule has 204 valence electrons. The quantitative estimate of drug-likeness (QED) is 0.178. The van der Waals surface area contributed by atoms with E-state index in [4.69, 9.17) is 12.2 Å². The fourth-order valence-electron chi connectivity index (χ4n) is 5.42. The molecule has 40 heavy (non-hydrogen) atoms. The fraction of sp³-hybridized carbons (Fsp3) is 0.241. The number of anilines is 1. The molecule has 6 rings (SSSR count). The lowest BCUT2D eigenvalue weighted by Crippen LogP contribution is -2.48. The number of rotatable bonds is 4. The highest BCUT2D eigenvalue weighted by Crippen LogP contribution is 2.38. The minimum atomic E-state index is -1.59. The van der Waals surface area contributed by atoms with Gasteiger partial charge < -0.3 is 9.80 Å². The molecule has 1 fully saturated rings. The Kier molecular flexibility index (Phi) is 6.61. The first-order valence-corrected chi connectivity index (χ1v) is 13.2. The Bertz CT molecular complexity index is 1630. The van der Waals surface area contributed by atoms with Crippen LogP contribution in [0, 0.1) is 30.2 Å². The predicted molar refractivity (Wildman–Crippen MR) is 146 cm³/mol. The summed E-state index contributed by atoms with van der Waals surface area (Å²) in [6, 6.07) is 10.2. The van der Waals surface area contributed by atoms with Crippen LogP contribution in [0.2, 0.25) is 0 Å². The van der Waals surface area contributed by atoms with Gasteiger partial charge in [0.05, 0.1) is 22.1 Å². The van der Waals surface area contributed by atoms with Crippen LogP contribution >= 0.6 is 12.2 Å². The third kappa shape index (κ3) is 4.43. The van der Waals surface area contributed by atoms with Gasteiger partial charge in [-0.1, -0.05) is 24.4 Å². The van der Waals surface area contributed by atoms with E-state index in [0.717, 1.165) is 17.7 Å². The van der Waals surface area contributed by atoms with E-state index in [1.807, 2.05) is 11.0 Å². The number of hydrogen-bond acceptors (Lipinski definition) is 4. The maximum Gasteiger partial charge on any atom is 0.274 e. The molecule has 6 nitrogen and oxygen atoms in total. The normalized spacial score (nSPS) is 15.6. The van der Waals surface area contributed by atoms with Crippen LogP contribution in [0.5, 0.6) is 0 Å². The van der Waals surface area contributed by atoms with E-state index in [0.29, 0.717) is 59.8 Å². The second kappa shape index (κ2) is 10.1. The Morgan fingerprint density at radius 1 is 1.00 bits per heavy atom. The van der Waals surface area contributed by atoms with Crippen LogP contribution in [-0.4, -0.2) is 49.7 Å². The molecule has 11 heteroatoms. The Morgan fingerprint density at radius 3 is 2.40 bits per heavy atom. The van der Waals surface area contributed by atoms with Crippen LogP contribution in [0.3, 0.4) is 0 Å². The van der Waals surface area contributed by atoms with Crippen molar-refractivity contribution in [3.8, 4) is 16.9 Å². The van der Waals surface area contributed by atoms with Gasteiger partial charge in [0.1, 0.15) is 5.82 Å². The van der Waals surface area contributed by atoms with Crippen molar-refractivity contribution in [1.82, 2.24) is 19.7 Å². The largest absolute Gasteiger partial charge is 0.337 e. The van der Waals surface area contributed by atoms with Gasteiger partial charge in [-0.15, -0.1) is 0 Å². The Balaban J connectivity index is 1.27. The lowest BCUT2D eigenvalue weighted by Gasteiger charge is -2.38. The smallest absolute Gasteiger partial charge is 0.274 e. The number of aryl methyl sites for hydroxylation is 1. The first kappa shape index (κ1) is 26.1. The van der Waals surface area contributed by atoms with Gasteiger partial charge in [0, 0.05) is 55.6 Å². The number of hydrogen-bond donors (Lipinski definition) is 0.